The van der Waals surface area contributed by atoms with Crippen molar-refractivity contribution in [2.45, 2.75) is 68.8 Å². The summed E-state index contributed by atoms with van der Waals surface area (Å²) >= 11 is 0. The van der Waals surface area contributed by atoms with Crippen LogP contribution in [0.1, 0.15) is 63.5 Å². The van der Waals surface area contributed by atoms with E-state index in [1.165, 1.54) is 23.6 Å². The number of carbonyl (C=O) groups excluding carboxylic acids is 1. The zero-order valence-corrected chi connectivity index (χ0v) is 19.4. The highest BCUT2D eigenvalue weighted by Crippen LogP contribution is 2.49. The summed E-state index contributed by atoms with van der Waals surface area (Å²) in [5, 5.41) is 2.15. The lowest BCUT2D eigenvalue weighted by Gasteiger charge is -2.07. The van der Waals surface area contributed by atoms with Gasteiger partial charge in [0.15, 0.2) is 5.78 Å². The molecule has 3 unspecified atom stereocenters. The highest BCUT2D eigenvalue weighted by molar-refractivity contribution is 7.89. The first-order valence-electron chi connectivity index (χ1n) is 11.6. The van der Waals surface area contributed by atoms with Crippen LogP contribution in [0.25, 0.3) is 10.8 Å². The molecule has 0 aliphatic carbocycles. The molecule has 1 fully saturated rings. The van der Waals surface area contributed by atoms with Gasteiger partial charge in [-0.3, -0.25) is 4.79 Å². The summed E-state index contributed by atoms with van der Waals surface area (Å²) in [6.45, 7) is 2.19. The molecule has 0 aromatic heterocycles. The van der Waals surface area contributed by atoms with Gasteiger partial charge in [0.2, 0.25) is 10.0 Å². The number of rotatable bonds is 11. The molecule has 4 nitrogen and oxygen atoms in total. The van der Waals surface area contributed by atoms with E-state index in [0.29, 0.717) is 6.42 Å². The predicted molar refractivity (Wildman–Crippen MR) is 129 cm³/mol. The van der Waals surface area contributed by atoms with E-state index in [1.54, 1.807) is 30.3 Å². The highest BCUT2D eigenvalue weighted by atomic mass is 32.2. The van der Waals surface area contributed by atoms with Crippen LogP contribution in [0, 0.1) is 0 Å². The van der Waals surface area contributed by atoms with Gasteiger partial charge in [-0.05, 0) is 41.0 Å². The number of fused-ring (bicyclic) bond motifs is 1. The molecule has 0 N–H and O–H groups in total. The quantitative estimate of drug-likeness (QED) is 0.256. The van der Waals surface area contributed by atoms with E-state index in [4.69, 9.17) is 0 Å². The second-order valence-electron chi connectivity index (χ2n) is 8.63. The fourth-order valence-corrected chi connectivity index (χ4v) is 6.25. The van der Waals surface area contributed by atoms with E-state index >= 15 is 0 Å². The first-order valence-corrected chi connectivity index (χ1v) is 13.1. The third-order valence-corrected chi connectivity index (χ3v) is 8.18. The minimum absolute atomic E-state index is 0.0261. The Kier molecular flexibility index (Phi) is 7.07. The summed E-state index contributed by atoms with van der Waals surface area (Å²) in [7, 11) is -3.74. The predicted octanol–water partition coefficient (Wildman–Crippen LogP) is 6.27. The first-order chi connectivity index (χ1) is 15.5. The standard InChI is InChI=1S/C27H31NO3S/c1-2-3-4-5-6-10-17-25(29)27-26(23-19-18-21-13-11-12-14-22(21)20-23)28(27)32(30,31)24-15-8-7-9-16-24/h7-9,11-16,18-20,26-27H,2-6,10,17H2,1H3. The number of sulfonamides is 1. The number of ketones is 1. The molecule has 5 heteroatoms. The van der Waals surface area contributed by atoms with Gasteiger partial charge in [-0.15, -0.1) is 0 Å². The minimum atomic E-state index is -3.74. The van der Waals surface area contributed by atoms with E-state index in [2.05, 4.69) is 6.92 Å². The number of Topliss-reactive ketones (excluding diaryl/α,β-unsaturated/α-hetero) is 1. The molecule has 0 bridgehead atoms. The SMILES string of the molecule is CCCCCCCCC(=O)C1C(c2ccc3ccccc3c2)N1S(=O)(=O)c1ccccc1. The van der Waals surface area contributed by atoms with E-state index in [1.807, 2.05) is 42.5 Å². The Balaban J connectivity index is 1.56. The third kappa shape index (κ3) is 4.79. The lowest BCUT2D eigenvalue weighted by Crippen LogP contribution is -2.19. The molecular formula is C27H31NO3S. The van der Waals surface area contributed by atoms with Crippen LogP contribution < -0.4 is 0 Å². The van der Waals surface area contributed by atoms with Crippen molar-refractivity contribution >= 4 is 26.6 Å². The van der Waals surface area contributed by atoms with Crippen molar-refractivity contribution in [3.63, 3.8) is 0 Å². The van der Waals surface area contributed by atoms with Gasteiger partial charge in [0, 0.05) is 6.42 Å². The number of hydrogen-bond acceptors (Lipinski definition) is 3. The van der Waals surface area contributed by atoms with Crippen molar-refractivity contribution in [3.05, 3.63) is 78.4 Å². The topological polar surface area (TPSA) is 54.2 Å². The van der Waals surface area contributed by atoms with Crippen molar-refractivity contribution < 1.29 is 13.2 Å². The van der Waals surface area contributed by atoms with Gasteiger partial charge in [-0.25, -0.2) is 8.42 Å². The van der Waals surface area contributed by atoms with Crippen LogP contribution in [0.2, 0.25) is 0 Å². The van der Waals surface area contributed by atoms with Crippen molar-refractivity contribution in [2.75, 3.05) is 0 Å². The van der Waals surface area contributed by atoms with Gasteiger partial charge in [-0.1, -0.05) is 93.6 Å². The summed E-state index contributed by atoms with van der Waals surface area (Å²) in [5.74, 6) is 0.0261. The number of carbonyl (C=O) groups is 1. The molecule has 1 heterocycles. The number of unbranched alkanes of at least 4 members (excludes halogenated alkanes) is 5. The number of benzene rings is 3. The molecule has 3 aromatic rings. The van der Waals surface area contributed by atoms with Crippen LogP contribution in [0.3, 0.4) is 0 Å². The van der Waals surface area contributed by atoms with Crippen molar-refractivity contribution in [2.24, 2.45) is 0 Å². The van der Waals surface area contributed by atoms with Crippen molar-refractivity contribution in [3.8, 4) is 0 Å². The van der Waals surface area contributed by atoms with Gasteiger partial charge in [0.1, 0.15) is 6.04 Å². The summed E-state index contributed by atoms with van der Waals surface area (Å²) in [4.78, 5) is 13.4. The molecule has 0 saturated carbocycles. The summed E-state index contributed by atoms with van der Waals surface area (Å²) in [6, 6.07) is 21.4. The molecule has 0 amide bonds. The van der Waals surface area contributed by atoms with Crippen molar-refractivity contribution in [1.29, 1.82) is 0 Å². The molecule has 0 radical (unpaired) electrons. The second-order valence-corrected chi connectivity index (χ2v) is 10.5. The first kappa shape index (κ1) is 22.7. The lowest BCUT2D eigenvalue weighted by atomic mass is 10.0. The van der Waals surface area contributed by atoms with Gasteiger partial charge in [0.05, 0.1) is 10.9 Å². The zero-order valence-electron chi connectivity index (χ0n) is 18.6. The maximum Gasteiger partial charge on any atom is 0.244 e. The van der Waals surface area contributed by atoms with Gasteiger partial charge >= 0.3 is 0 Å². The monoisotopic (exact) mass is 449 g/mol. The van der Waals surface area contributed by atoms with E-state index in [9.17, 15) is 13.2 Å². The van der Waals surface area contributed by atoms with Crippen LogP contribution in [0.15, 0.2) is 77.7 Å². The summed E-state index contributed by atoms with van der Waals surface area (Å²) < 4.78 is 28.2. The lowest BCUT2D eigenvalue weighted by molar-refractivity contribution is -0.119. The van der Waals surface area contributed by atoms with E-state index in [-0.39, 0.29) is 10.7 Å². The molecule has 3 aromatic carbocycles. The van der Waals surface area contributed by atoms with E-state index in [0.717, 1.165) is 35.6 Å². The van der Waals surface area contributed by atoms with Crippen LogP contribution in [0.5, 0.6) is 0 Å². The smallest absolute Gasteiger partial charge is 0.244 e. The van der Waals surface area contributed by atoms with Crippen LogP contribution in [-0.4, -0.2) is 24.5 Å². The number of nitrogens with zero attached hydrogens (tertiary/aromatic N) is 1. The second kappa shape index (κ2) is 9.97. The summed E-state index contributed by atoms with van der Waals surface area (Å²) in [5.41, 5.74) is 0.879. The normalized spacial score (nSPS) is 20.3. The molecule has 4 rings (SSSR count). The average molecular weight is 450 g/mol. The average Bonchev–Trinajstić information content (AvgIpc) is 3.58. The Bertz CT molecular complexity index is 1170. The molecule has 32 heavy (non-hydrogen) atoms. The maximum atomic E-state index is 13.4. The largest absolute Gasteiger partial charge is 0.298 e. The number of hydrogen-bond donors (Lipinski definition) is 0. The van der Waals surface area contributed by atoms with Crippen molar-refractivity contribution in [1.82, 2.24) is 4.31 Å². The Morgan fingerprint density at radius 2 is 1.47 bits per heavy atom. The Morgan fingerprint density at radius 3 is 2.22 bits per heavy atom. The van der Waals surface area contributed by atoms with Gasteiger partial charge in [-0.2, -0.15) is 4.31 Å². The van der Waals surface area contributed by atoms with Gasteiger partial charge < -0.3 is 0 Å². The fraction of sp³-hybridized carbons (Fsp3) is 0.370. The Morgan fingerprint density at radius 1 is 0.812 bits per heavy atom. The third-order valence-electron chi connectivity index (χ3n) is 6.30. The zero-order chi connectivity index (χ0) is 22.6. The van der Waals surface area contributed by atoms with Crippen LogP contribution >= 0.6 is 0 Å². The Hall–Kier alpha value is -2.50. The molecule has 3 atom stereocenters. The van der Waals surface area contributed by atoms with E-state index < -0.39 is 22.1 Å². The molecule has 0 spiro atoms. The van der Waals surface area contributed by atoms with Crippen LogP contribution in [0.4, 0.5) is 0 Å². The highest BCUT2D eigenvalue weighted by Gasteiger charge is 2.59. The maximum absolute atomic E-state index is 13.4. The molecule has 1 saturated heterocycles. The molecular weight excluding hydrogens is 418 g/mol. The molecule has 168 valence electrons. The Labute approximate surface area is 191 Å². The van der Waals surface area contributed by atoms with Crippen LogP contribution in [-0.2, 0) is 14.8 Å². The molecule has 1 aliphatic heterocycles. The summed E-state index contributed by atoms with van der Waals surface area (Å²) in [6.07, 6.45) is 7.02. The fourth-order valence-electron chi connectivity index (χ4n) is 4.49. The minimum Gasteiger partial charge on any atom is -0.298 e. The molecule has 1 aliphatic rings. The van der Waals surface area contributed by atoms with Gasteiger partial charge in [0.25, 0.3) is 0 Å².